The zero-order valence-corrected chi connectivity index (χ0v) is 11.3. The summed E-state index contributed by atoms with van der Waals surface area (Å²) in [6.07, 6.45) is 0.924. The first kappa shape index (κ1) is 15.1. The lowest BCUT2D eigenvalue weighted by atomic mass is 9.95. The average Bonchev–Trinajstić information content (AvgIpc) is 2.32. The van der Waals surface area contributed by atoms with E-state index in [1.807, 2.05) is 6.92 Å². The first-order valence-electron chi connectivity index (χ1n) is 6.12. The average molecular weight is 267 g/mol. The molecule has 0 aliphatic heterocycles. The predicted molar refractivity (Wildman–Crippen MR) is 69.6 cm³/mol. The molecule has 0 fully saturated rings. The smallest absolute Gasteiger partial charge is 0.329 e. The van der Waals surface area contributed by atoms with Crippen LogP contribution >= 0.6 is 0 Å². The topological polar surface area (TPSA) is 66.4 Å². The second kappa shape index (κ2) is 5.82. The Morgan fingerprint density at radius 2 is 2.05 bits per heavy atom. The highest BCUT2D eigenvalue weighted by molar-refractivity contribution is 5.97. The lowest BCUT2D eigenvalue weighted by Crippen LogP contribution is -2.52. The van der Waals surface area contributed by atoms with E-state index in [4.69, 9.17) is 5.11 Å². The van der Waals surface area contributed by atoms with Gasteiger partial charge in [-0.3, -0.25) is 4.79 Å². The quantitative estimate of drug-likeness (QED) is 0.861. The zero-order chi connectivity index (χ0) is 14.6. The third-order valence-corrected chi connectivity index (χ3v) is 3.05. The Labute approximate surface area is 111 Å². The number of hydrogen-bond donors (Lipinski definition) is 2. The van der Waals surface area contributed by atoms with E-state index >= 15 is 0 Å². The van der Waals surface area contributed by atoms with Gasteiger partial charge in [-0.15, -0.1) is 0 Å². The number of halogens is 1. The molecule has 0 saturated carbocycles. The Bertz CT molecular complexity index is 501. The minimum atomic E-state index is -1.34. The number of aliphatic carboxylic acids is 1. The normalized spacial score (nSPS) is 13.7. The highest BCUT2D eigenvalue weighted by Crippen LogP contribution is 2.15. The molecule has 0 aliphatic carbocycles. The van der Waals surface area contributed by atoms with E-state index in [2.05, 4.69) is 5.32 Å². The van der Waals surface area contributed by atoms with Crippen molar-refractivity contribution in [2.75, 3.05) is 0 Å². The first-order chi connectivity index (χ1) is 8.80. The molecule has 1 amide bonds. The fourth-order valence-corrected chi connectivity index (χ4v) is 1.78. The molecule has 1 aromatic carbocycles. The molecule has 0 aromatic heterocycles. The van der Waals surface area contributed by atoms with Gasteiger partial charge in [0.15, 0.2) is 0 Å². The van der Waals surface area contributed by atoms with Crippen LogP contribution in [0.2, 0.25) is 0 Å². The summed E-state index contributed by atoms with van der Waals surface area (Å²) in [4.78, 5) is 23.2. The van der Waals surface area contributed by atoms with E-state index in [-0.39, 0.29) is 5.56 Å². The molecule has 1 unspecified atom stereocenters. The van der Waals surface area contributed by atoms with Gasteiger partial charge in [-0.1, -0.05) is 19.4 Å². The van der Waals surface area contributed by atoms with Gasteiger partial charge >= 0.3 is 5.97 Å². The van der Waals surface area contributed by atoms with Crippen molar-refractivity contribution in [2.24, 2.45) is 0 Å². The second-order valence-corrected chi connectivity index (χ2v) is 4.81. The summed E-state index contributed by atoms with van der Waals surface area (Å²) in [5.74, 6) is -2.17. The molecular formula is C14H18FNO3. The van der Waals surface area contributed by atoms with Gasteiger partial charge < -0.3 is 10.4 Å². The number of carboxylic acid groups (broad SMARTS) is 1. The molecule has 0 radical (unpaired) electrons. The summed E-state index contributed by atoms with van der Waals surface area (Å²) in [6, 6.07) is 4.07. The maximum Gasteiger partial charge on any atom is 0.329 e. The Balaban J connectivity index is 2.94. The minimum Gasteiger partial charge on any atom is -0.480 e. The van der Waals surface area contributed by atoms with Crippen LogP contribution in [0.15, 0.2) is 18.2 Å². The molecule has 1 atom stereocenters. The highest BCUT2D eigenvalue weighted by atomic mass is 19.1. The van der Waals surface area contributed by atoms with Crippen LogP contribution in [0.25, 0.3) is 0 Å². The maximum absolute atomic E-state index is 13.4. The van der Waals surface area contributed by atoms with E-state index < -0.39 is 23.2 Å². The Morgan fingerprint density at radius 1 is 1.42 bits per heavy atom. The second-order valence-electron chi connectivity index (χ2n) is 4.81. The predicted octanol–water partition coefficient (Wildman–Crippen LogP) is 2.51. The Hall–Kier alpha value is -1.91. The van der Waals surface area contributed by atoms with Crippen molar-refractivity contribution in [3.8, 4) is 0 Å². The molecule has 2 N–H and O–H groups in total. The van der Waals surface area contributed by atoms with Crippen molar-refractivity contribution >= 4 is 11.9 Å². The molecule has 4 nitrogen and oxygen atoms in total. The summed E-state index contributed by atoms with van der Waals surface area (Å²) in [5.41, 5.74) is -0.787. The maximum atomic E-state index is 13.4. The SMILES string of the molecule is CCCC(C)(NC(=O)c1ccc(C)c(F)c1)C(=O)O. The monoisotopic (exact) mass is 267 g/mol. The third-order valence-electron chi connectivity index (χ3n) is 3.05. The molecule has 0 spiro atoms. The Kier molecular flexibility index (Phi) is 4.64. The summed E-state index contributed by atoms with van der Waals surface area (Å²) in [7, 11) is 0. The van der Waals surface area contributed by atoms with Gasteiger partial charge in [0.1, 0.15) is 11.4 Å². The van der Waals surface area contributed by atoms with Crippen LogP contribution in [0.5, 0.6) is 0 Å². The van der Waals surface area contributed by atoms with Crippen molar-refractivity contribution in [2.45, 2.75) is 39.2 Å². The van der Waals surface area contributed by atoms with Gasteiger partial charge in [0.25, 0.3) is 5.91 Å². The summed E-state index contributed by atoms with van der Waals surface area (Å²) in [6.45, 7) is 4.87. The summed E-state index contributed by atoms with van der Waals surface area (Å²) in [5, 5.41) is 11.6. The zero-order valence-electron chi connectivity index (χ0n) is 11.3. The molecule has 5 heteroatoms. The molecule has 1 rings (SSSR count). The van der Waals surface area contributed by atoms with Crippen LogP contribution in [0.4, 0.5) is 4.39 Å². The number of amides is 1. The van der Waals surface area contributed by atoms with E-state index in [0.29, 0.717) is 18.4 Å². The summed E-state index contributed by atoms with van der Waals surface area (Å²) < 4.78 is 13.4. The van der Waals surface area contributed by atoms with Crippen molar-refractivity contribution in [3.05, 3.63) is 35.1 Å². The van der Waals surface area contributed by atoms with Crippen LogP contribution < -0.4 is 5.32 Å². The number of rotatable bonds is 5. The molecule has 0 bridgehead atoms. The number of nitrogens with one attached hydrogen (secondary N) is 1. The number of benzene rings is 1. The van der Waals surface area contributed by atoms with Gasteiger partial charge in [-0.2, -0.15) is 0 Å². The molecular weight excluding hydrogens is 249 g/mol. The number of aryl methyl sites for hydroxylation is 1. The fourth-order valence-electron chi connectivity index (χ4n) is 1.78. The van der Waals surface area contributed by atoms with Crippen molar-refractivity contribution < 1.29 is 19.1 Å². The molecule has 19 heavy (non-hydrogen) atoms. The van der Waals surface area contributed by atoms with Gasteiger partial charge in [0.2, 0.25) is 0 Å². The van der Waals surface area contributed by atoms with E-state index in [9.17, 15) is 14.0 Å². The van der Waals surface area contributed by atoms with Gasteiger partial charge in [0.05, 0.1) is 0 Å². The molecule has 0 saturated heterocycles. The van der Waals surface area contributed by atoms with Crippen LogP contribution in [0, 0.1) is 12.7 Å². The highest BCUT2D eigenvalue weighted by Gasteiger charge is 2.34. The summed E-state index contributed by atoms with van der Waals surface area (Å²) >= 11 is 0. The van der Waals surface area contributed by atoms with Crippen molar-refractivity contribution in [1.29, 1.82) is 0 Å². The van der Waals surface area contributed by atoms with Crippen LogP contribution in [0.1, 0.15) is 42.6 Å². The van der Waals surface area contributed by atoms with Gasteiger partial charge in [0, 0.05) is 5.56 Å². The standard InChI is InChI=1S/C14H18FNO3/c1-4-7-14(3,13(18)19)16-12(17)10-6-5-9(2)11(15)8-10/h5-6,8H,4,7H2,1-3H3,(H,16,17)(H,18,19). The fraction of sp³-hybridized carbons (Fsp3) is 0.429. The Morgan fingerprint density at radius 3 is 2.53 bits per heavy atom. The minimum absolute atomic E-state index is 0.117. The van der Waals surface area contributed by atoms with Crippen molar-refractivity contribution in [1.82, 2.24) is 5.32 Å². The first-order valence-corrected chi connectivity index (χ1v) is 6.12. The van der Waals surface area contributed by atoms with Crippen LogP contribution in [0.3, 0.4) is 0 Å². The number of carboxylic acids is 1. The van der Waals surface area contributed by atoms with E-state index in [1.165, 1.54) is 19.1 Å². The largest absolute Gasteiger partial charge is 0.480 e. The van der Waals surface area contributed by atoms with Crippen molar-refractivity contribution in [3.63, 3.8) is 0 Å². The van der Waals surface area contributed by atoms with Gasteiger partial charge in [-0.25, -0.2) is 9.18 Å². The molecule has 1 aromatic rings. The number of hydrogen-bond acceptors (Lipinski definition) is 2. The molecule has 0 aliphatic rings. The van der Waals surface area contributed by atoms with E-state index in [0.717, 1.165) is 6.07 Å². The van der Waals surface area contributed by atoms with Crippen LogP contribution in [-0.4, -0.2) is 22.5 Å². The molecule has 104 valence electrons. The molecule has 0 heterocycles. The number of carbonyl (C=O) groups is 2. The third kappa shape index (κ3) is 3.53. The van der Waals surface area contributed by atoms with Gasteiger partial charge in [-0.05, 0) is 38.0 Å². The van der Waals surface area contributed by atoms with E-state index in [1.54, 1.807) is 6.92 Å². The number of carbonyl (C=O) groups excluding carboxylic acids is 1. The van der Waals surface area contributed by atoms with Crippen LogP contribution in [-0.2, 0) is 4.79 Å². The lowest BCUT2D eigenvalue weighted by Gasteiger charge is -2.25. The lowest BCUT2D eigenvalue weighted by molar-refractivity contribution is -0.144.